The van der Waals surface area contributed by atoms with Crippen LogP contribution < -0.4 is 19.5 Å². The van der Waals surface area contributed by atoms with Gasteiger partial charge in [-0.15, -0.1) is 0 Å². The number of ether oxygens (including phenoxy) is 3. The number of carbonyl (C=O) groups is 1. The predicted octanol–water partition coefficient (Wildman–Crippen LogP) is 4.75. The van der Waals surface area contributed by atoms with Gasteiger partial charge < -0.3 is 19.5 Å². The third kappa shape index (κ3) is 4.69. The summed E-state index contributed by atoms with van der Waals surface area (Å²) >= 11 is 3.47. The Morgan fingerprint density at radius 2 is 1.85 bits per heavy atom. The van der Waals surface area contributed by atoms with E-state index in [1.165, 1.54) is 0 Å². The lowest BCUT2D eigenvalue weighted by Crippen LogP contribution is -2.27. The van der Waals surface area contributed by atoms with E-state index in [2.05, 4.69) is 21.2 Å². The molecule has 0 saturated heterocycles. The van der Waals surface area contributed by atoms with E-state index in [9.17, 15) is 4.79 Å². The average Bonchev–Trinajstić information content (AvgIpc) is 2.66. The Balaban J connectivity index is 2.22. The highest BCUT2D eigenvalue weighted by molar-refractivity contribution is 9.10. The van der Waals surface area contributed by atoms with Gasteiger partial charge in [0.1, 0.15) is 5.75 Å². The van der Waals surface area contributed by atoms with Crippen LogP contribution in [0.25, 0.3) is 0 Å². The molecule has 0 heterocycles. The highest BCUT2D eigenvalue weighted by Crippen LogP contribution is 2.37. The van der Waals surface area contributed by atoms with Crippen molar-refractivity contribution in [3.63, 3.8) is 0 Å². The number of methoxy groups -OCH3 is 2. The first-order valence-electron chi connectivity index (χ1n) is 8.45. The van der Waals surface area contributed by atoms with Crippen LogP contribution in [0.4, 0.5) is 0 Å². The lowest BCUT2D eigenvalue weighted by atomic mass is 10.1. The third-order valence-electron chi connectivity index (χ3n) is 3.90. The second-order valence-electron chi connectivity index (χ2n) is 5.78. The number of halogens is 1. The van der Waals surface area contributed by atoms with Crippen molar-refractivity contribution in [2.24, 2.45) is 0 Å². The van der Waals surface area contributed by atoms with E-state index in [4.69, 9.17) is 14.2 Å². The molecule has 0 radical (unpaired) electrons. The van der Waals surface area contributed by atoms with Gasteiger partial charge in [0.25, 0.3) is 5.91 Å². The van der Waals surface area contributed by atoms with Gasteiger partial charge in [0.15, 0.2) is 11.5 Å². The molecule has 1 N–H and O–H groups in total. The Kier molecular flexibility index (Phi) is 7.33. The Bertz CT molecular complexity index is 763. The molecule has 1 atom stereocenters. The first kappa shape index (κ1) is 20.1. The molecule has 0 unspecified atom stereocenters. The van der Waals surface area contributed by atoms with Crippen LogP contribution in [-0.2, 0) is 0 Å². The van der Waals surface area contributed by atoms with Gasteiger partial charge in [-0.3, -0.25) is 4.79 Å². The molecule has 0 aliphatic heterocycles. The average molecular weight is 422 g/mol. The van der Waals surface area contributed by atoms with Crippen LogP contribution in [0, 0.1) is 0 Å². The molecular formula is C20H24BrNO4. The summed E-state index contributed by atoms with van der Waals surface area (Å²) in [4.78, 5) is 12.7. The fraction of sp³-hybridized carbons (Fsp3) is 0.350. The van der Waals surface area contributed by atoms with Gasteiger partial charge in [-0.25, -0.2) is 0 Å². The maximum atomic E-state index is 12.7. The topological polar surface area (TPSA) is 56.8 Å². The quantitative estimate of drug-likeness (QED) is 0.668. The molecule has 5 nitrogen and oxygen atoms in total. The highest BCUT2D eigenvalue weighted by Gasteiger charge is 2.18. The number of benzene rings is 2. The maximum Gasteiger partial charge on any atom is 0.251 e. The van der Waals surface area contributed by atoms with Gasteiger partial charge in [0, 0.05) is 11.1 Å². The molecule has 0 aromatic heterocycles. The number of para-hydroxylation sites is 1. The highest BCUT2D eigenvalue weighted by atomic mass is 79.9. The SMILES string of the molecule is CCCOc1c(Br)cc(C(=O)N[C@@H](C)c2ccccc2OC)cc1OC. The lowest BCUT2D eigenvalue weighted by Gasteiger charge is -2.18. The minimum absolute atomic E-state index is 0.204. The zero-order chi connectivity index (χ0) is 19.1. The molecule has 0 bridgehead atoms. The minimum atomic E-state index is -0.209. The zero-order valence-corrected chi connectivity index (χ0v) is 17.1. The summed E-state index contributed by atoms with van der Waals surface area (Å²) < 4.78 is 17.1. The second kappa shape index (κ2) is 9.48. The monoisotopic (exact) mass is 421 g/mol. The first-order chi connectivity index (χ1) is 12.5. The van der Waals surface area contributed by atoms with Crippen molar-refractivity contribution < 1.29 is 19.0 Å². The van der Waals surface area contributed by atoms with Gasteiger partial charge in [0.05, 0.1) is 31.3 Å². The van der Waals surface area contributed by atoms with E-state index in [0.717, 1.165) is 17.7 Å². The van der Waals surface area contributed by atoms with E-state index in [0.29, 0.717) is 28.1 Å². The zero-order valence-electron chi connectivity index (χ0n) is 15.5. The van der Waals surface area contributed by atoms with E-state index in [-0.39, 0.29) is 11.9 Å². The van der Waals surface area contributed by atoms with E-state index in [1.807, 2.05) is 38.1 Å². The van der Waals surface area contributed by atoms with Crippen molar-refractivity contribution in [2.75, 3.05) is 20.8 Å². The summed E-state index contributed by atoms with van der Waals surface area (Å²) in [6.45, 7) is 4.52. The lowest BCUT2D eigenvalue weighted by molar-refractivity contribution is 0.0939. The molecule has 0 saturated carbocycles. The van der Waals surface area contributed by atoms with Crippen LogP contribution in [0.15, 0.2) is 40.9 Å². The van der Waals surface area contributed by atoms with Gasteiger partial charge in [-0.2, -0.15) is 0 Å². The molecule has 2 rings (SSSR count). The van der Waals surface area contributed by atoms with Gasteiger partial charge in [-0.05, 0) is 47.5 Å². The Hall–Kier alpha value is -2.21. The fourth-order valence-corrected chi connectivity index (χ4v) is 3.13. The molecule has 0 fully saturated rings. The maximum absolute atomic E-state index is 12.7. The molecule has 26 heavy (non-hydrogen) atoms. The fourth-order valence-electron chi connectivity index (χ4n) is 2.58. The smallest absolute Gasteiger partial charge is 0.251 e. The van der Waals surface area contributed by atoms with Crippen molar-refractivity contribution in [3.05, 3.63) is 52.0 Å². The summed E-state index contributed by atoms with van der Waals surface area (Å²) in [5.74, 6) is 1.65. The van der Waals surface area contributed by atoms with Crippen LogP contribution in [0.5, 0.6) is 17.2 Å². The summed E-state index contributed by atoms with van der Waals surface area (Å²) in [6.07, 6.45) is 0.883. The van der Waals surface area contributed by atoms with Crippen LogP contribution >= 0.6 is 15.9 Å². The van der Waals surface area contributed by atoms with Crippen LogP contribution in [0.2, 0.25) is 0 Å². The van der Waals surface area contributed by atoms with Crippen LogP contribution in [0.1, 0.15) is 42.2 Å². The van der Waals surface area contributed by atoms with Crippen molar-refractivity contribution in [1.29, 1.82) is 0 Å². The molecule has 140 valence electrons. The number of hydrogen-bond donors (Lipinski definition) is 1. The Morgan fingerprint density at radius 3 is 2.50 bits per heavy atom. The first-order valence-corrected chi connectivity index (χ1v) is 9.25. The van der Waals surface area contributed by atoms with Gasteiger partial charge in [-0.1, -0.05) is 25.1 Å². The predicted molar refractivity (Wildman–Crippen MR) is 105 cm³/mol. The number of amides is 1. The Morgan fingerprint density at radius 1 is 1.15 bits per heavy atom. The van der Waals surface area contributed by atoms with E-state index in [1.54, 1.807) is 26.4 Å². The number of nitrogens with one attached hydrogen (secondary N) is 1. The van der Waals surface area contributed by atoms with E-state index < -0.39 is 0 Å². The summed E-state index contributed by atoms with van der Waals surface area (Å²) in [5, 5.41) is 2.99. The van der Waals surface area contributed by atoms with Crippen LogP contribution in [-0.4, -0.2) is 26.7 Å². The minimum Gasteiger partial charge on any atom is -0.496 e. The summed E-state index contributed by atoms with van der Waals surface area (Å²) in [6, 6.07) is 10.8. The largest absolute Gasteiger partial charge is 0.496 e. The van der Waals surface area contributed by atoms with E-state index >= 15 is 0 Å². The van der Waals surface area contributed by atoms with Crippen molar-refractivity contribution in [3.8, 4) is 17.2 Å². The normalized spacial score (nSPS) is 11.6. The third-order valence-corrected chi connectivity index (χ3v) is 4.48. The van der Waals surface area contributed by atoms with Crippen LogP contribution in [0.3, 0.4) is 0 Å². The summed E-state index contributed by atoms with van der Waals surface area (Å²) in [5.41, 5.74) is 1.40. The molecular weight excluding hydrogens is 398 g/mol. The molecule has 1 amide bonds. The molecule has 0 spiro atoms. The molecule has 2 aromatic rings. The molecule has 0 aliphatic rings. The second-order valence-corrected chi connectivity index (χ2v) is 6.63. The van der Waals surface area contributed by atoms with Crippen molar-refractivity contribution in [1.82, 2.24) is 5.32 Å². The number of hydrogen-bond acceptors (Lipinski definition) is 4. The summed E-state index contributed by atoms with van der Waals surface area (Å²) in [7, 11) is 3.17. The number of rotatable bonds is 8. The molecule has 0 aliphatic carbocycles. The Labute approximate surface area is 162 Å². The molecule has 6 heteroatoms. The number of carbonyl (C=O) groups excluding carboxylic acids is 1. The van der Waals surface area contributed by atoms with Crippen molar-refractivity contribution >= 4 is 21.8 Å². The molecule has 2 aromatic carbocycles. The standard InChI is InChI=1S/C20H24BrNO4/c1-5-10-26-19-16(21)11-14(12-18(19)25-4)20(23)22-13(2)15-8-6-7-9-17(15)24-3/h6-9,11-13H,5,10H2,1-4H3,(H,22,23)/t13-/m0/s1. The van der Waals surface area contributed by atoms with Crippen molar-refractivity contribution in [2.45, 2.75) is 26.3 Å². The van der Waals surface area contributed by atoms with Gasteiger partial charge >= 0.3 is 0 Å². The van der Waals surface area contributed by atoms with Gasteiger partial charge in [0.2, 0.25) is 0 Å².